The van der Waals surface area contributed by atoms with Crippen molar-refractivity contribution in [3.63, 3.8) is 0 Å². The number of fused-ring (bicyclic) bond motifs is 1. The molecule has 5 rings (SSSR count). The molecule has 232 valence electrons. The summed E-state index contributed by atoms with van der Waals surface area (Å²) >= 11 is 0. The molecule has 0 bridgehead atoms. The SMILES string of the molecule is CN=C(N)N.COC1CCN(c2cccc3c2CCN(C(=O)C2CCCCC2)C3C(=O)Nc2ccc(C(=O)O)cc2)CC1. The predicted octanol–water partition coefficient (Wildman–Crippen LogP) is 3.53. The van der Waals surface area contributed by atoms with Crippen LogP contribution in [0.1, 0.15) is 72.5 Å². The maximum atomic E-state index is 13.9. The molecule has 0 spiro atoms. The summed E-state index contributed by atoms with van der Waals surface area (Å²) in [5.74, 6) is -1.12. The summed E-state index contributed by atoms with van der Waals surface area (Å²) in [6.45, 7) is 2.29. The molecule has 2 heterocycles. The molecule has 11 heteroatoms. The third-order valence-electron chi connectivity index (χ3n) is 8.66. The van der Waals surface area contributed by atoms with Crippen molar-refractivity contribution in [2.24, 2.45) is 22.4 Å². The van der Waals surface area contributed by atoms with Gasteiger partial charge in [-0.2, -0.15) is 0 Å². The number of piperidine rings is 1. The Bertz CT molecular complexity index is 1300. The number of hydrogen-bond donors (Lipinski definition) is 4. The zero-order chi connectivity index (χ0) is 30.9. The molecule has 6 N–H and O–H groups in total. The molecular weight excluding hydrogens is 548 g/mol. The average molecular weight is 593 g/mol. The van der Waals surface area contributed by atoms with Gasteiger partial charge in [-0.3, -0.25) is 14.6 Å². The molecule has 3 aliphatic rings. The highest BCUT2D eigenvalue weighted by molar-refractivity contribution is 5.99. The lowest BCUT2D eigenvalue weighted by molar-refractivity contribution is -0.143. The normalized spacial score (nSPS) is 19.0. The second kappa shape index (κ2) is 14.9. The van der Waals surface area contributed by atoms with Crippen molar-refractivity contribution in [3.05, 3.63) is 59.2 Å². The molecule has 1 atom stereocenters. The summed E-state index contributed by atoms with van der Waals surface area (Å²) in [6, 6.07) is 11.5. The van der Waals surface area contributed by atoms with E-state index >= 15 is 0 Å². The Morgan fingerprint density at radius 3 is 2.19 bits per heavy atom. The van der Waals surface area contributed by atoms with Crippen LogP contribution in [0.3, 0.4) is 0 Å². The van der Waals surface area contributed by atoms with Crippen molar-refractivity contribution < 1.29 is 24.2 Å². The smallest absolute Gasteiger partial charge is 0.335 e. The molecule has 11 nitrogen and oxygen atoms in total. The van der Waals surface area contributed by atoms with Crippen molar-refractivity contribution in [2.75, 3.05) is 44.0 Å². The molecule has 2 aromatic carbocycles. The van der Waals surface area contributed by atoms with Crippen molar-refractivity contribution in [2.45, 2.75) is 63.5 Å². The van der Waals surface area contributed by atoms with E-state index in [0.29, 0.717) is 18.7 Å². The fourth-order valence-corrected chi connectivity index (χ4v) is 6.29. The molecule has 1 unspecified atom stereocenters. The van der Waals surface area contributed by atoms with E-state index in [9.17, 15) is 19.5 Å². The van der Waals surface area contributed by atoms with Gasteiger partial charge in [0, 0.05) is 51.1 Å². The maximum Gasteiger partial charge on any atom is 0.335 e. The van der Waals surface area contributed by atoms with E-state index in [2.05, 4.69) is 21.3 Å². The van der Waals surface area contributed by atoms with Crippen LogP contribution in [0.5, 0.6) is 0 Å². The molecule has 0 aromatic heterocycles. The third-order valence-corrected chi connectivity index (χ3v) is 8.66. The maximum absolute atomic E-state index is 13.9. The van der Waals surface area contributed by atoms with Gasteiger partial charge in [-0.25, -0.2) is 4.79 Å². The molecule has 0 radical (unpaired) electrons. The number of carbonyl (C=O) groups is 3. The molecule has 2 aromatic rings. The van der Waals surface area contributed by atoms with Crippen molar-refractivity contribution in [1.29, 1.82) is 0 Å². The van der Waals surface area contributed by atoms with E-state index < -0.39 is 12.0 Å². The van der Waals surface area contributed by atoms with Gasteiger partial charge in [0.25, 0.3) is 5.91 Å². The molecule has 43 heavy (non-hydrogen) atoms. The second-order valence-corrected chi connectivity index (χ2v) is 11.3. The van der Waals surface area contributed by atoms with Gasteiger partial charge in [0.05, 0.1) is 11.7 Å². The summed E-state index contributed by atoms with van der Waals surface area (Å²) in [4.78, 5) is 46.4. The number of anilines is 2. The van der Waals surface area contributed by atoms with Crippen LogP contribution in [-0.4, -0.2) is 73.6 Å². The first-order chi connectivity index (χ1) is 20.7. The van der Waals surface area contributed by atoms with Gasteiger partial charge in [0.2, 0.25) is 5.91 Å². The highest BCUT2D eigenvalue weighted by Gasteiger charge is 2.40. The second-order valence-electron chi connectivity index (χ2n) is 11.3. The summed E-state index contributed by atoms with van der Waals surface area (Å²) in [6.07, 6.45) is 7.93. The number of amides is 2. The number of carboxylic acids is 1. The lowest BCUT2D eigenvalue weighted by Gasteiger charge is -2.41. The number of carbonyl (C=O) groups excluding carboxylic acids is 2. The summed E-state index contributed by atoms with van der Waals surface area (Å²) in [5.41, 5.74) is 13.5. The standard InChI is InChI=1S/C30H37N3O5.C2H7N3/c1-38-23-14-17-32(18-15-23)26-9-5-8-25-24(26)16-19-33(29(35)20-6-3-2-4-7-20)27(25)28(34)31-22-12-10-21(11-13-22)30(36)37;1-5-2(3)4/h5,8-13,20,23,27H,2-4,6-7,14-19H2,1H3,(H,31,34)(H,36,37);1H3,(H4,3,4,5). The lowest BCUT2D eigenvalue weighted by atomic mass is 9.85. The van der Waals surface area contributed by atoms with Crippen molar-refractivity contribution in [3.8, 4) is 0 Å². The van der Waals surface area contributed by atoms with Crippen LogP contribution < -0.4 is 21.7 Å². The first-order valence-electron chi connectivity index (χ1n) is 15.1. The number of methoxy groups -OCH3 is 1. The number of nitrogens with one attached hydrogen (secondary N) is 1. The van der Waals surface area contributed by atoms with E-state index in [4.69, 9.17) is 16.2 Å². The van der Waals surface area contributed by atoms with E-state index in [1.165, 1.54) is 19.2 Å². The molecule has 2 fully saturated rings. The van der Waals surface area contributed by atoms with Gasteiger partial charge in [0.1, 0.15) is 6.04 Å². The Kier molecular flexibility index (Phi) is 11.0. The van der Waals surface area contributed by atoms with Crippen LogP contribution in [0.25, 0.3) is 0 Å². The number of nitrogens with zero attached hydrogens (tertiary/aromatic N) is 3. The molecule has 2 aliphatic heterocycles. The Morgan fingerprint density at radius 1 is 0.953 bits per heavy atom. The molecule has 1 saturated carbocycles. The minimum absolute atomic E-state index is 0.0355. The summed E-state index contributed by atoms with van der Waals surface area (Å²) < 4.78 is 5.56. The van der Waals surface area contributed by atoms with E-state index in [-0.39, 0.29) is 35.4 Å². The number of ether oxygens (including phenoxy) is 1. The zero-order valence-corrected chi connectivity index (χ0v) is 25.1. The highest BCUT2D eigenvalue weighted by atomic mass is 16.5. The Balaban J connectivity index is 0.000000782. The number of guanidine groups is 1. The number of carboxylic acid groups (broad SMARTS) is 1. The summed E-state index contributed by atoms with van der Waals surface area (Å²) in [5, 5.41) is 12.2. The number of nitrogens with two attached hydrogens (primary N) is 2. The topological polar surface area (TPSA) is 164 Å². The predicted molar refractivity (Wildman–Crippen MR) is 167 cm³/mol. The first kappa shape index (κ1) is 31.8. The van der Waals surface area contributed by atoms with Crippen LogP contribution in [0, 0.1) is 5.92 Å². The van der Waals surface area contributed by atoms with Gasteiger partial charge in [-0.15, -0.1) is 0 Å². The average Bonchev–Trinajstić information content (AvgIpc) is 3.04. The van der Waals surface area contributed by atoms with Gasteiger partial charge < -0.3 is 36.4 Å². The van der Waals surface area contributed by atoms with Crippen LogP contribution in [0.4, 0.5) is 11.4 Å². The molecule has 1 aliphatic carbocycles. The number of rotatable bonds is 6. The van der Waals surface area contributed by atoms with Crippen molar-refractivity contribution >= 4 is 35.1 Å². The highest BCUT2D eigenvalue weighted by Crippen LogP contribution is 2.39. The summed E-state index contributed by atoms with van der Waals surface area (Å²) in [7, 11) is 3.30. The third kappa shape index (κ3) is 7.84. The number of benzene rings is 2. The largest absolute Gasteiger partial charge is 0.478 e. The minimum atomic E-state index is -1.02. The Morgan fingerprint density at radius 2 is 1.60 bits per heavy atom. The fourth-order valence-electron chi connectivity index (χ4n) is 6.29. The quantitative estimate of drug-likeness (QED) is 0.292. The molecular formula is C32H44N6O5. The number of aromatic carboxylic acids is 1. The minimum Gasteiger partial charge on any atom is -0.478 e. The van der Waals surface area contributed by atoms with Gasteiger partial charge >= 0.3 is 5.97 Å². The van der Waals surface area contributed by atoms with Crippen LogP contribution in [0.2, 0.25) is 0 Å². The number of aliphatic imine (C=N–C) groups is 1. The van der Waals surface area contributed by atoms with E-state index in [1.807, 2.05) is 12.1 Å². The number of hydrogen-bond acceptors (Lipinski definition) is 6. The molecule has 2 amide bonds. The van der Waals surface area contributed by atoms with Crippen LogP contribution in [-0.2, 0) is 20.7 Å². The van der Waals surface area contributed by atoms with Gasteiger partial charge in [-0.05, 0) is 73.6 Å². The molecule has 1 saturated heterocycles. The lowest BCUT2D eigenvalue weighted by Crippen LogP contribution is -2.48. The van der Waals surface area contributed by atoms with Gasteiger partial charge in [0.15, 0.2) is 5.96 Å². The Hall–Kier alpha value is -4.12. The van der Waals surface area contributed by atoms with Crippen LogP contribution in [0.15, 0.2) is 47.5 Å². The first-order valence-corrected chi connectivity index (χ1v) is 15.1. The van der Waals surface area contributed by atoms with Gasteiger partial charge in [-0.1, -0.05) is 31.4 Å². The van der Waals surface area contributed by atoms with Crippen LogP contribution >= 0.6 is 0 Å². The van der Waals surface area contributed by atoms with E-state index in [0.717, 1.165) is 74.8 Å². The van der Waals surface area contributed by atoms with E-state index in [1.54, 1.807) is 24.1 Å². The fraction of sp³-hybridized carbons (Fsp3) is 0.500. The zero-order valence-electron chi connectivity index (χ0n) is 25.1. The van der Waals surface area contributed by atoms with Crippen molar-refractivity contribution in [1.82, 2.24) is 4.90 Å². The monoisotopic (exact) mass is 592 g/mol. The Labute approximate surface area is 253 Å².